The first-order valence-electron chi connectivity index (χ1n) is 8.14. The Hall–Kier alpha value is -2.88. The van der Waals surface area contributed by atoms with Gasteiger partial charge in [0.25, 0.3) is 0 Å². The molecule has 0 bridgehead atoms. The van der Waals surface area contributed by atoms with Gasteiger partial charge in [-0.05, 0) is 41.0 Å². The molecule has 0 aliphatic carbocycles. The zero-order valence-electron chi connectivity index (χ0n) is 13.6. The lowest BCUT2D eigenvalue weighted by atomic mass is 10.1. The Bertz CT molecular complexity index is 914. The van der Waals surface area contributed by atoms with E-state index in [1.807, 2.05) is 29.3 Å². The highest BCUT2D eigenvalue weighted by atomic mass is 16.2. The van der Waals surface area contributed by atoms with Gasteiger partial charge in [0.05, 0.1) is 5.52 Å². The second-order valence-corrected chi connectivity index (χ2v) is 6.20. The topological polar surface area (TPSA) is 45.2 Å². The van der Waals surface area contributed by atoms with E-state index < -0.39 is 0 Å². The number of nitrogens with one attached hydrogen (secondary N) is 1. The highest BCUT2D eigenvalue weighted by Gasteiger charge is 2.20. The lowest BCUT2D eigenvalue weighted by Crippen LogP contribution is -2.21. The Balaban J connectivity index is 1.53. The van der Waals surface area contributed by atoms with Gasteiger partial charge in [0.15, 0.2) is 0 Å². The maximum atomic E-state index is 11.5. The van der Waals surface area contributed by atoms with Crippen LogP contribution in [0.4, 0.5) is 5.69 Å². The largest absolute Gasteiger partial charge is 0.381 e. The van der Waals surface area contributed by atoms with Crippen LogP contribution < -0.4 is 5.32 Å². The van der Waals surface area contributed by atoms with Gasteiger partial charge < -0.3 is 10.2 Å². The number of nitrogens with zero attached hydrogens (tertiary/aromatic N) is 2. The molecular weight excluding hydrogens is 298 g/mol. The third-order valence-corrected chi connectivity index (χ3v) is 4.59. The molecule has 1 aliphatic heterocycles. The first-order chi connectivity index (χ1) is 11.7. The summed E-state index contributed by atoms with van der Waals surface area (Å²) in [4.78, 5) is 17.8. The van der Waals surface area contributed by atoms with Gasteiger partial charge in [-0.2, -0.15) is 0 Å². The number of amides is 1. The van der Waals surface area contributed by atoms with Crippen LogP contribution in [0, 0.1) is 0 Å². The second-order valence-electron chi connectivity index (χ2n) is 6.20. The molecule has 1 N–H and O–H groups in total. The van der Waals surface area contributed by atoms with Gasteiger partial charge in [0.1, 0.15) is 0 Å². The van der Waals surface area contributed by atoms with Crippen molar-refractivity contribution in [3.8, 4) is 0 Å². The molecule has 0 atom stereocenters. The summed E-state index contributed by atoms with van der Waals surface area (Å²) >= 11 is 0. The van der Waals surface area contributed by atoms with E-state index in [-0.39, 0.29) is 5.91 Å². The van der Waals surface area contributed by atoms with Gasteiger partial charge >= 0.3 is 0 Å². The minimum Gasteiger partial charge on any atom is -0.381 e. The van der Waals surface area contributed by atoms with Crippen molar-refractivity contribution >= 4 is 22.5 Å². The Labute approximate surface area is 141 Å². The monoisotopic (exact) mass is 317 g/mol. The van der Waals surface area contributed by atoms with Crippen LogP contribution in [0.15, 0.2) is 54.7 Å². The number of aromatic nitrogens is 1. The quantitative estimate of drug-likeness (QED) is 0.801. The predicted octanol–water partition coefficient (Wildman–Crippen LogP) is 3.71. The van der Waals surface area contributed by atoms with Crippen molar-refractivity contribution in [1.82, 2.24) is 9.88 Å². The van der Waals surface area contributed by atoms with Crippen LogP contribution in [0.1, 0.15) is 23.6 Å². The van der Waals surface area contributed by atoms with E-state index >= 15 is 0 Å². The first kappa shape index (κ1) is 14.7. The summed E-state index contributed by atoms with van der Waals surface area (Å²) < 4.78 is 0. The number of fused-ring (bicyclic) bond motifs is 2. The van der Waals surface area contributed by atoms with E-state index in [1.54, 1.807) is 6.92 Å². The molecule has 2 aromatic carbocycles. The molecule has 0 saturated heterocycles. The molecule has 4 nitrogen and oxygen atoms in total. The fraction of sp³-hybridized carbons (Fsp3) is 0.200. The van der Waals surface area contributed by atoms with Crippen molar-refractivity contribution in [2.24, 2.45) is 0 Å². The number of carbonyl (C=O) groups is 1. The summed E-state index contributed by atoms with van der Waals surface area (Å²) in [7, 11) is 0. The van der Waals surface area contributed by atoms with Gasteiger partial charge in [-0.1, -0.05) is 24.3 Å². The highest BCUT2D eigenvalue weighted by molar-refractivity contribution is 5.82. The fourth-order valence-electron chi connectivity index (χ4n) is 3.25. The lowest BCUT2D eigenvalue weighted by molar-refractivity contribution is -0.129. The van der Waals surface area contributed by atoms with E-state index in [0.717, 1.165) is 24.3 Å². The Kier molecular flexibility index (Phi) is 3.65. The van der Waals surface area contributed by atoms with E-state index in [0.29, 0.717) is 6.54 Å². The van der Waals surface area contributed by atoms with Crippen molar-refractivity contribution < 1.29 is 4.79 Å². The number of hydrogen-bond donors (Lipinski definition) is 1. The predicted molar refractivity (Wildman–Crippen MR) is 95.4 cm³/mol. The molecule has 120 valence electrons. The molecule has 1 aromatic heterocycles. The number of pyridine rings is 1. The van der Waals surface area contributed by atoms with Crippen molar-refractivity contribution in [2.45, 2.75) is 26.6 Å². The van der Waals surface area contributed by atoms with Gasteiger partial charge in [0.2, 0.25) is 5.91 Å². The van der Waals surface area contributed by atoms with Gasteiger partial charge in [-0.3, -0.25) is 9.78 Å². The first-order valence-corrected chi connectivity index (χ1v) is 8.14. The number of benzene rings is 2. The molecule has 1 amide bonds. The minimum absolute atomic E-state index is 0.129. The van der Waals surface area contributed by atoms with Crippen molar-refractivity contribution in [2.75, 3.05) is 5.32 Å². The van der Waals surface area contributed by atoms with E-state index in [4.69, 9.17) is 0 Å². The van der Waals surface area contributed by atoms with Crippen LogP contribution in [-0.2, 0) is 24.4 Å². The minimum atomic E-state index is 0.129. The molecule has 24 heavy (non-hydrogen) atoms. The van der Waals surface area contributed by atoms with Gasteiger partial charge in [0, 0.05) is 43.8 Å². The summed E-state index contributed by atoms with van der Waals surface area (Å²) in [6, 6.07) is 16.6. The SMILES string of the molecule is CC(=O)N1Cc2ccc(NCc3cccc4ncccc34)cc2C1. The fourth-order valence-corrected chi connectivity index (χ4v) is 3.25. The molecule has 0 radical (unpaired) electrons. The molecule has 0 fully saturated rings. The van der Waals surface area contributed by atoms with Crippen LogP contribution in [0.2, 0.25) is 0 Å². The Morgan fingerprint density at radius 3 is 2.88 bits per heavy atom. The van der Waals surface area contributed by atoms with E-state index in [2.05, 4.69) is 40.6 Å². The molecule has 0 saturated carbocycles. The zero-order valence-corrected chi connectivity index (χ0v) is 13.6. The standard InChI is InChI=1S/C20H19N3O/c1-14(24)23-12-16-7-8-18(10-17(16)13-23)22-11-15-4-2-6-20-19(15)5-3-9-21-20/h2-10,22H,11-13H2,1H3. The van der Waals surface area contributed by atoms with E-state index in [1.165, 1.54) is 22.1 Å². The molecule has 0 unspecified atom stereocenters. The van der Waals surface area contributed by atoms with Crippen LogP contribution >= 0.6 is 0 Å². The third kappa shape index (κ3) is 2.71. The Morgan fingerprint density at radius 1 is 1.12 bits per heavy atom. The zero-order chi connectivity index (χ0) is 16.5. The summed E-state index contributed by atoms with van der Waals surface area (Å²) in [6.45, 7) is 3.80. The van der Waals surface area contributed by atoms with Crippen LogP contribution in [-0.4, -0.2) is 15.8 Å². The average Bonchev–Trinajstić information content (AvgIpc) is 3.03. The van der Waals surface area contributed by atoms with E-state index in [9.17, 15) is 4.79 Å². The molecule has 2 heterocycles. The number of hydrogen-bond acceptors (Lipinski definition) is 3. The Morgan fingerprint density at radius 2 is 2.00 bits per heavy atom. The third-order valence-electron chi connectivity index (χ3n) is 4.59. The molecule has 4 rings (SSSR count). The summed E-state index contributed by atoms with van der Waals surface area (Å²) in [6.07, 6.45) is 1.82. The van der Waals surface area contributed by atoms with Crippen molar-refractivity contribution in [1.29, 1.82) is 0 Å². The lowest BCUT2D eigenvalue weighted by Gasteiger charge is -2.11. The van der Waals surface area contributed by atoms with Crippen LogP contribution in [0.5, 0.6) is 0 Å². The number of anilines is 1. The summed E-state index contributed by atoms with van der Waals surface area (Å²) in [5, 5.41) is 4.67. The van der Waals surface area contributed by atoms with Crippen LogP contribution in [0.25, 0.3) is 10.9 Å². The van der Waals surface area contributed by atoms with Crippen molar-refractivity contribution in [3.05, 3.63) is 71.4 Å². The maximum Gasteiger partial charge on any atom is 0.220 e. The summed E-state index contributed by atoms with van der Waals surface area (Å²) in [5.41, 5.74) is 5.80. The molecule has 1 aliphatic rings. The van der Waals surface area contributed by atoms with Crippen LogP contribution in [0.3, 0.4) is 0 Å². The normalized spacial score (nSPS) is 13.1. The van der Waals surface area contributed by atoms with Crippen molar-refractivity contribution in [3.63, 3.8) is 0 Å². The highest BCUT2D eigenvalue weighted by Crippen LogP contribution is 2.26. The summed E-state index contributed by atoms with van der Waals surface area (Å²) in [5.74, 6) is 0.129. The number of carbonyl (C=O) groups excluding carboxylic acids is 1. The molecular formula is C20H19N3O. The molecule has 0 spiro atoms. The smallest absolute Gasteiger partial charge is 0.220 e. The average molecular weight is 317 g/mol. The van der Waals surface area contributed by atoms with Gasteiger partial charge in [-0.15, -0.1) is 0 Å². The number of rotatable bonds is 3. The maximum absolute atomic E-state index is 11.5. The second kappa shape index (κ2) is 5.96. The van der Waals surface area contributed by atoms with Gasteiger partial charge in [-0.25, -0.2) is 0 Å². The molecule has 4 heteroatoms. The molecule has 3 aromatic rings.